The number of esters is 1. The van der Waals surface area contributed by atoms with E-state index in [9.17, 15) is 4.79 Å². The first kappa shape index (κ1) is 13.5. The number of methoxy groups -OCH3 is 1. The molecule has 0 saturated heterocycles. The third kappa shape index (κ3) is 4.87. The van der Waals surface area contributed by atoms with Gasteiger partial charge in [-0.1, -0.05) is 6.07 Å². The predicted molar refractivity (Wildman–Crippen MR) is 66.0 cm³/mol. The highest BCUT2D eigenvalue weighted by atomic mass is 16.5. The molecule has 0 amide bonds. The molecule has 1 unspecified atom stereocenters. The number of rotatable bonds is 5. The Hall–Kier alpha value is -1.55. The van der Waals surface area contributed by atoms with Crippen LogP contribution in [0.15, 0.2) is 18.2 Å². The second-order valence-electron chi connectivity index (χ2n) is 4.17. The van der Waals surface area contributed by atoms with Crippen molar-refractivity contribution in [3.05, 3.63) is 29.3 Å². The van der Waals surface area contributed by atoms with E-state index in [-0.39, 0.29) is 18.4 Å². The third-order valence-corrected chi connectivity index (χ3v) is 2.32. The summed E-state index contributed by atoms with van der Waals surface area (Å²) in [5.74, 6) is 0.462. The van der Waals surface area contributed by atoms with Gasteiger partial charge in [-0.2, -0.15) is 0 Å². The summed E-state index contributed by atoms with van der Waals surface area (Å²) in [6.07, 6.45) is 0.168. The van der Waals surface area contributed by atoms with E-state index in [0.717, 1.165) is 16.9 Å². The smallest absolute Gasteiger partial charge is 0.307 e. The average molecular weight is 237 g/mol. The molecule has 94 valence electrons. The van der Waals surface area contributed by atoms with Crippen LogP contribution >= 0.6 is 0 Å². The van der Waals surface area contributed by atoms with E-state index in [0.29, 0.717) is 6.61 Å². The fourth-order valence-electron chi connectivity index (χ4n) is 1.58. The van der Waals surface area contributed by atoms with E-state index >= 15 is 0 Å². The molecule has 1 atom stereocenters. The maximum absolute atomic E-state index is 11.0. The molecule has 0 saturated carbocycles. The van der Waals surface area contributed by atoms with Gasteiger partial charge < -0.3 is 15.2 Å². The lowest BCUT2D eigenvalue weighted by Gasteiger charge is -2.13. The zero-order valence-corrected chi connectivity index (χ0v) is 10.5. The van der Waals surface area contributed by atoms with Crippen LogP contribution in [0.1, 0.15) is 17.5 Å². The van der Waals surface area contributed by atoms with Crippen molar-refractivity contribution in [2.75, 3.05) is 13.7 Å². The highest BCUT2D eigenvalue weighted by Crippen LogP contribution is 2.16. The van der Waals surface area contributed by atoms with Crippen LogP contribution < -0.4 is 10.5 Å². The third-order valence-electron chi connectivity index (χ3n) is 2.32. The normalized spacial score (nSPS) is 12.0. The van der Waals surface area contributed by atoms with Crippen LogP contribution in [0.25, 0.3) is 0 Å². The lowest BCUT2D eigenvalue weighted by atomic mass is 10.1. The number of benzene rings is 1. The molecule has 1 aromatic rings. The number of hydrogen-bond donors (Lipinski definition) is 1. The first-order chi connectivity index (χ1) is 8.01. The van der Waals surface area contributed by atoms with Crippen LogP contribution in [0, 0.1) is 13.8 Å². The maximum Gasteiger partial charge on any atom is 0.307 e. The minimum Gasteiger partial charge on any atom is -0.492 e. The van der Waals surface area contributed by atoms with E-state index in [2.05, 4.69) is 10.8 Å². The molecular formula is C13H19NO3. The molecular weight excluding hydrogens is 218 g/mol. The van der Waals surface area contributed by atoms with Gasteiger partial charge in [0.05, 0.1) is 13.5 Å². The van der Waals surface area contributed by atoms with Crippen molar-refractivity contribution >= 4 is 5.97 Å². The van der Waals surface area contributed by atoms with Gasteiger partial charge in [-0.3, -0.25) is 4.79 Å². The second-order valence-corrected chi connectivity index (χ2v) is 4.17. The van der Waals surface area contributed by atoms with Gasteiger partial charge in [-0.15, -0.1) is 0 Å². The van der Waals surface area contributed by atoms with Gasteiger partial charge in [-0.25, -0.2) is 0 Å². The molecule has 2 N–H and O–H groups in total. The Balaban J connectivity index is 2.47. The summed E-state index contributed by atoms with van der Waals surface area (Å²) in [6.45, 7) is 4.32. The summed E-state index contributed by atoms with van der Waals surface area (Å²) in [5.41, 5.74) is 8.03. The second kappa shape index (κ2) is 6.25. The molecule has 1 aromatic carbocycles. The molecule has 0 spiro atoms. The van der Waals surface area contributed by atoms with E-state index in [1.807, 2.05) is 26.0 Å². The first-order valence-electron chi connectivity index (χ1n) is 5.54. The zero-order valence-electron chi connectivity index (χ0n) is 10.5. The number of nitrogens with two attached hydrogens (primary N) is 1. The van der Waals surface area contributed by atoms with Crippen LogP contribution in [0.4, 0.5) is 0 Å². The summed E-state index contributed by atoms with van der Waals surface area (Å²) >= 11 is 0. The van der Waals surface area contributed by atoms with Gasteiger partial charge in [0.15, 0.2) is 0 Å². The SMILES string of the molecule is COC(=O)CC(N)COc1cc(C)cc(C)c1. The van der Waals surface area contributed by atoms with Gasteiger partial charge in [0.25, 0.3) is 0 Å². The van der Waals surface area contributed by atoms with E-state index in [1.165, 1.54) is 7.11 Å². The predicted octanol–water partition coefficient (Wildman–Crippen LogP) is 1.57. The topological polar surface area (TPSA) is 61.5 Å². The van der Waals surface area contributed by atoms with Crippen molar-refractivity contribution in [2.24, 2.45) is 5.73 Å². The van der Waals surface area contributed by atoms with Crippen LogP contribution in [0.5, 0.6) is 5.75 Å². The Bertz CT molecular complexity index is 370. The van der Waals surface area contributed by atoms with Crippen LogP contribution in [-0.4, -0.2) is 25.7 Å². The summed E-state index contributed by atoms with van der Waals surface area (Å²) < 4.78 is 10.1. The zero-order chi connectivity index (χ0) is 12.8. The van der Waals surface area contributed by atoms with Crippen LogP contribution in [-0.2, 0) is 9.53 Å². The fourth-order valence-corrected chi connectivity index (χ4v) is 1.58. The molecule has 0 bridgehead atoms. The van der Waals surface area contributed by atoms with E-state index in [1.54, 1.807) is 0 Å². The van der Waals surface area contributed by atoms with Crippen molar-refractivity contribution < 1.29 is 14.3 Å². The van der Waals surface area contributed by atoms with Gasteiger partial charge >= 0.3 is 5.97 Å². The van der Waals surface area contributed by atoms with Gasteiger partial charge in [0, 0.05) is 6.04 Å². The molecule has 0 radical (unpaired) electrons. The molecule has 4 heteroatoms. The summed E-state index contributed by atoms with van der Waals surface area (Å²) in [5, 5.41) is 0. The monoisotopic (exact) mass is 237 g/mol. The number of hydrogen-bond acceptors (Lipinski definition) is 4. The summed E-state index contributed by atoms with van der Waals surface area (Å²) in [6, 6.07) is 5.61. The van der Waals surface area contributed by atoms with E-state index in [4.69, 9.17) is 10.5 Å². The molecule has 4 nitrogen and oxygen atoms in total. The molecule has 17 heavy (non-hydrogen) atoms. The highest BCUT2D eigenvalue weighted by molar-refractivity contribution is 5.69. The van der Waals surface area contributed by atoms with E-state index < -0.39 is 0 Å². The Morgan fingerprint density at radius 3 is 2.41 bits per heavy atom. The fraction of sp³-hybridized carbons (Fsp3) is 0.462. The quantitative estimate of drug-likeness (QED) is 0.790. The van der Waals surface area contributed by atoms with Gasteiger partial charge in [0.2, 0.25) is 0 Å². The molecule has 0 aromatic heterocycles. The van der Waals surface area contributed by atoms with Gasteiger partial charge in [0.1, 0.15) is 12.4 Å². The number of carbonyl (C=O) groups is 1. The van der Waals surface area contributed by atoms with Crippen molar-refractivity contribution in [2.45, 2.75) is 26.3 Å². The van der Waals surface area contributed by atoms with Crippen LogP contribution in [0.2, 0.25) is 0 Å². The lowest BCUT2D eigenvalue weighted by Crippen LogP contribution is -2.30. The first-order valence-corrected chi connectivity index (χ1v) is 5.54. The van der Waals surface area contributed by atoms with Crippen molar-refractivity contribution in [3.63, 3.8) is 0 Å². The number of ether oxygens (including phenoxy) is 2. The molecule has 0 aliphatic carbocycles. The molecule has 1 rings (SSSR count). The molecule has 0 heterocycles. The van der Waals surface area contributed by atoms with Crippen LogP contribution in [0.3, 0.4) is 0 Å². The Morgan fingerprint density at radius 2 is 1.88 bits per heavy atom. The molecule has 0 aliphatic rings. The van der Waals surface area contributed by atoms with Crippen molar-refractivity contribution in [3.8, 4) is 5.75 Å². The Labute approximate surface area is 102 Å². The molecule has 0 aliphatic heterocycles. The number of aryl methyl sites for hydroxylation is 2. The lowest BCUT2D eigenvalue weighted by molar-refractivity contribution is -0.141. The maximum atomic E-state index is 11.0. The molecule has 0 fully saturated rings. The Kier molecular flexibility index (Phi) is 4.97. The van der Waals surface area contributed by atoms with Gasteiger partial charge in [-0.05, 0) is 37.1 Å². The Morgan fingerprint density at radius 1 is 1.29 bits per heavy atom. The minimum absolute atomic E-state index is 0.168. The highest BCUT2D eigenvalue weighted by Gasteiger charge is 2.10. The van der Waals surface area contributed by atoms with Crippen molar-refractivity contribution in [1.82, 2.24) is 0 Å². The number of carbonyl (C=O) groups excluding carboxylic acids is 1. The standard InChI is InChI=1S/C13H19NO3/c1-9-4-10(2)6-12(5-9)17-8-11(14)7-13(15)16-3/h4-6,11H,7-8,14H2,1-3H3. The van der Waals surface area contributed by atoms with Crippen molar-refractivity contribution in [1.29, 1.82) is 0 Å². The summed E-state index contributed by atoms with van der Waals surface area (Å²) in [7, 11) is 1.35. The minimum atomic E-state index is -0.344. The largest absolute Gasteiger partial charge is 0.492 e. The average Bonchev–Trinajstić information content (AvgIpc) is 2.25. The summed E-state index contributed by atoms with van der Waals surface area (Å²) in [4.78, 5) is 11.0.